The number of nitrogens with zero attached hydrogens (tertiary/aromatic N) is 2. The number of halogens is 4. The molecule has 1 aliphatic heterocycles. The Morgan fingerprint density at radius 3 is 2.38 bits per heavy atom. The number of piperazine rings is 1. The predicted octanol–water partition coefficient (Wildman–Crippen LogP) is 4.42. The van der Waals surface area contributed by atoms with Crippen molar-refractivity contribution in [3.05, 3.63) is 58.4 Å². The molecule has 0 radical (unpaired) electrons. The Balaban J connectivity index is 1.63. The topological polar surface area (TPSA) is 35.6 Å². The van der Waals surface area contributed by atoms with Gasteiger partial charge in [-0.2, -0.15) is 0 Å². The lowest BCUT2D eigenvalue weighted by Gasteiger charge is -2.36. The van der Waals surface area contributed by atoms with E-state index in [2.05, 4.69) is 10.2 Å². The van der Waals surface area contributed by atoms with Crippen LogP contribution in [-0.4, -0.2) is 37.1 Å². The van der Waals surface area contributed by atoms with Gasteiger partial charge in [-0.3, -0.25) is 0 Å². The van der Waals surface area contributed by atoms with E-state index in [-0.39, 0.29) is 5.69 Å². The molecule has 2 aromatic rings. The number of amides is 2. The van der Waals surface area contributed by atoms with Crippen LogP contribution in [0.3, 0.4) is 0 Å². The highest BCUT2D eigenvalue weighted by Crippen LogP contribution is 2.25. The fraction of sp³-hybridized carbons (Fsp3) is 0.278. The van der Waals surface area contributed by atoms with Crippen LogP contribution in [0.2, 0.25) is 5.02 Å². The lowest BCUT2D eigenvalue weighted by Crippen LogP contribution is -2.50. The van der Waals surface area contributed by atoms with E-state index in [1.807, 2.05) is 25.1 Å². The second-order valence-electron chi connectivity index (χ2n) is 6.06. The predicted molar refractivity (Wildman–Crippen MR) is 95.3 cm³/mol. The third-order valence-corrected chi connectivity index (χ3v) is 4.58. The molecule has 1 saturated heterocycles. The quantitative estimate of drug-likeness (QED) is 0.779. The average molecular weight is 384 g/mol. The normalized spacial score (nSPS) is 14.5. The van der Waals surface area contributed by atoms with Crippen molar-refractivity contribution >= 4 is 29.0 Å². The zero-order valence-corrected chi connectivity index (χ0v) is 14.8. The van der Waals surface area contributed by atoms with Gasteiger partial charge in [0, 0.05) is 36.9 Å². The van der Waals surface area contributed by atoms with Crippen LogP contribution in [0.1, 0.15) is 5.56 Å². The molecule has 8 heteroatoms. The molecule has 0 saturated carbocycles. The van der Waals surface area contributed by atoms with E-state index in [0.29, 0.717) is 31.2 Å². The zero-order valence-electron chi connectivity index (χ0n) is 14.0. The molecule has 1 N–H and O–H groups in total. The summed E-state index contributed by atoms with van der Waals surface area (Å²) in [7, 11) is 0. The SMILES string of the molecule is Cc1cc(Cl)ccc1N1CCN(C(=O)Nc2ccc(F)c(F)c2F)CC1. The van der Waals surface area contributed by atoms with Crippen LogP contribution >= 0.6 is 11.6 Å². The molecule has 0 unspecified atom stereocenters. The summed E-state index contributed by atoms with van der Waals surface area (Å²) in [4.78, 5) is 15.9. The Kier molecular flexibility index (Phi) is 5.27. The van der Waals surface area contributed by atoms with Gasteiger partial charge >= 0.3 is 6.03 Å². The Morgan fingerprint density at radius 1 is 1.04 bits per heavy atom. The Bertz CT molecular complexity index is 839. The first-order valence-corrected chi connectivity index (χ1v) is 8.45. The molecule has 0 aliphatic carbocycles. The molecule has 1 aliphatic rings. The summed E-state index contributed by atoms with van der Waals surface area (Å²) in [6.07, 6.45) is 0. The van der Waals surface area contributed by atoms with Crippen LogP contribution in [-0.2, 0) is 0 Å². The van der Waals surface area contributed by atoms with Crippen molar-refractivity contribution in [3.63, 3.8) is 0 Å². The van der Waals surface area contributed by atoms with E-state index in [0.717, 1.165) is 23.4 Å². The smallest absolute Gasteiger partial charge is 0.322 e. The number of benzene rings is 2. The lowest BCUT2D eigenvalue weighted by atomic mass is 10.1. The molecule has 0 spiro atoms. The molecular weight excluding hydrogens is 367 g/mol. The van der Waals surface area contributed by atoms with Gasteiger partial charge in [0.05, 0.1) is 5.69 Å². The molecular formula is C18H17ClF3N3O. The molecule has 1 heterocycles. The van der Waals surface area contributed by atoms with Crippen molar-refractivity contribution in [2.24, 2.45) is 0 Å². The number of aryl methyl sites for hydroxylation is 1. The number of urea groups is 1. The summed E-state index contributed by atoms with van der Waals surface area (Å²) in [6, 6.07) is 6.84. The van der Waals surface area contributed by atoms with Gasteiger partial charge in [-0.15, -0.1) is 0 Å². The standard InChI is InChI=1S/C18H17ClF3N3O/c1-11-10-12(19)2-5-15(11)24-6-8-25(9-7-24)18(26)23-14-4-3-13(20)16(21)17(14)22/h2-5,10H,6-9H2,1H3,(H,23,26). The van der Waals surface area contributed by atoms with Gasteiger partial charge in [0.15, 0.2) is 17.5 Å². The van der Waals surface area contributed by atoms with Crippen LogP contribution < -0.4 is 10.2 Å². The molecule has 0 bridgehead atoms. The van der Waals surface area contributed by atoms with Crippen LogP contribution in [0.5, 0.6) is 0 Å². The van der Waals surface area contributed by atoms with Gasteiger partial charge in [0.2, 0.25) is 0 Å². The van der Waals surface area contributed by atoms with Crippen LogP contribution in [0.15, 0.2) is 30.3 Å². The number of hydrogen-bond donors (Lipinski definition) is 1. The fourth-order valence-electron chi connectivity index (χ4n) is 2.94. The van der Waals surface area contributed by atoms with Crippen molar-refractivity contribution in [2.45, 2.75) is 6.92 Å². The largest absolute Gasteiger partial charge is 0.368 e. The minimum absolute atomic E-state index is 0.384. The number of anilines is 2. The average Bonchev–Trinajstić information content (AvgIpc) is 2.62. The number of carbonyl (C=O) groups excluding carboxylic acids is 1. The third kappa shape index (κ3) is 3.72. The first-order chi connectivity index (χ1) is 12.4. The molecule has 26 heavy (non-hydrogen) atoms. The van der Waals surface area contributed by atoms with Crippen molar-refractivity contribution < 1.29 is 18.0 Å². The summed E-state index contributed by atoms with van der Waals surface area (Å²) >= 11 is 5.97. The van der Waals surface area contributed by atoms with E-state index >= 15 is 0 Å². The fourth-order valence-corrected chi connectivity index (χ4v) is 3.17. The number of nitrogens with one attached hydrogen (secondary N) is 1. The number of carbonyl (C=O) groups is 1. The zero-order chi connectivity index (χ0) is 18.8. The van der Waals surface area contributed by atoms with Gasteiger partial charge in [-0.05, 0) is 42.8 Å². The maximum atomic E-state index is 13.7. The minimum atomic E-state index is -1.61. The Hall–Kier alpha value is -2.41. The molecule has 3 rings (SSSR count). The molecule has 1 fully saturated rings. The number of hydrogen-bond acceptors (Lipinski definition) is 2. The van der Waals surface area contributed by atoms with Gasteiger partial charge in [0.1, 0.15) is 0 Å². The molecule has 2 amide bonds. The first-order valence-electron chi connectivity index (χ1n) is 8.07. The van der Waals surface area contributed by atoms with Crippen molar-refractivity contribution in [1.29, 1.82) is 0 Å². The minimum Gasteiger partial charge on any atom is -0.368 e. The highest BCUT2D eigenvalue weighted by atomic mass is 35.5. The lowest BCUT2D eigenvalue weighted by molar-refractivity contribution is 0.208. The summed E-state index contributed by atoms with van der Waals surface area (Å²) in [5, 5.41) is 2.96. The van der Waals surface area contributed by atoms with Gasteiger partial charge in [-0.25, -0.2) is 18.0 Å². The maximum absolute atomic E-state index is 13.7. The second kappa shape index (κ2) is 7.45. The van der Waals surface area contributed by atoms with Crippen LogP contribution in [0.25, 0.3) is 0 Å². The van der Waals surface area contributed by atoms with E-state index in [1.54, 1.807) is 0 Å². The molecule has 2 aromatic carbocycles. The van der Waals surface area contributed by atoms with E-state index in [1.165, 1.54) is 4.90 Å². The highest BCUT2D eigenvalue weighted by Gasteiger charge is 2.23. The summed E-state index contributed by atoms with van der Waals surface area (Å²) in [5.41, 5.74) is 1.70. The number of rotatable bonds is 2. The summed E-state index contributed by atoms with van der Waals surface area (Å²) < 4.78 is 39.9. The monoisotopic (exact) mass is 383 g/mol. The van der Waals surface area contributed by atoms with E-state index in [9.17, 15) is 18.0 Å². The van der Waals surface area contributed by atoms with Gasteiger partial charge in [-0.1, -0.05) is 11.6 Å². The molecule has 4 nitrogen and oxygen atoms in total. The Labute approximate surface area is 154 Å². The van der Waals surface area contributed by atoms with Crippen molar-refractivity contribution in [1.82, 2.24) is 4.90 Å². The first kappa shape index (κ1) is 18.4. The molecule has 0 atom stereocenters. The van der Waals surface area contributed by atoms with Crippen LogP contribution in [0, 0.1) is 24.4 Å². The van der Waals surface area contributed by atoms with E-state index < -0.39 is 23.5 Å². The highest BCUT2D eigenvalue weighted by molar-refractivity contribution is 6.30. The van der Waals surface area contributed by atoms with Crippen molar-refractivity contribution in [2.75, 3.05) is 36.4 Å². The molecule has 138 valence electrons. The second-order valence-corrected chi connectivity index (χ2v) is 6.49. The van der Waals surface area contributed by atoms with Crippen LogP contribution in [0.4, 0.5) is 29.3 Å². The van der Waals surface area contributed by atoms with Gasteiger partial charge in [0.25, 0.3) is 0 Å². The van der Waals surface area contributed by atoms with E-state index in [4.69, 9.17) is 11.6 Å². The summed E-state index contributed by atoms with van der Waals surface area (Å²) in [6.45, 7) is 3.98. The van der Waals surface area contributed by atoms with Gasteiger partial charge < -0.3 is 15.1 Å². The van der Waals surface area contributed by atoms with Crippen molar-refractivity contribution in [3.8, 4) is 0 Å². The summed E-state index contributed by atoms with van der Waals surface area (Å²) in [5.74, 6) is -4.31. The Morgan fingerprint density at radius 2 is 1.73 bits per heavy atom. The molecule has 0 aromatic heterocycles. The maximum Gasteiger partial charge on any atom is 0.322 e. The third-order valence-electron chi connectivity index (χ3n) is 4.34.